The van der Waals surface area contributed by atoms with Gasteiger partial charge in [0, 0.05) is 32.6 Å². The summed E-state index contributed by atoms with van der Waals surface area (Å²) >= 11 is 0. The van der Waals surface area contributed by atoms with E-state index in [-0.39, 0.29) is 0 Å². The molecule has 1 N–H and O–H groups in total. The molecule has 6 nitrogen and oxygen atoms in total. The van der Waals surface area contributed by atoms with Crippen molar-refractivity contribution in [3.05, 3.63) is 12.2 Å². The molecule has 1 saturated heterocycles. The molecule has 21 heavy (non-hydrogen) atoms. The van der Waals surface area contributed by atoms with E-state index in [1.165, 1.54) is 12.8 Å². The zero-order chi connectivity index (χ0) is 15.1. The van der Waals surface area contributed by atoms with Gasteiger partial charge in [-0.1, -0.05) is 13.8 Å². The Labute approximate surface area is 127 Å². The van der Waals surface area contributed by atoms with Crippen LogP contribution in [0.15, 0.2) is 11.3 Å². The lowest BCUT2D eigenvalue weighted by atomic mass is 10.00. The maximum absolute atomic E-state index is 4.77. The van der Waals surface area contributed by atoms with E-state index in [0.717, 1.165) is 56.8 Å². The van der Waals surface area contributed by atoms with Crippen molar-refractivity contribution in [3.63, 3.8) is 0 Å². The Bertz CT molecular complexity index is 445. The van der Waals surface area contributed by atoms with Gasteiger partial charge in [-0.3, -0.25) is 4.99 Å². The van der Waals surface area contributed by atoms with Gasteiger partial charge in [0.1, 0.15) is 12.2 Å². The summed E-state index contributed by atoms with van der Waals surface area (Å²) < 4.78 is 2.09. The van der Waals surface area contributed by atoms with Crippen LogP contribution in [0.4, 0.5) is 0 Å². The van der Waals surface area contributed by atoms with E-state index in [9.17, 15) is 0 Å². The largest absolute Gasteiger partial charge is 0.357 e. The Kier molecular flexibility index (Phi) is 6.02. The van der Waals surface area contributed by atoms with Gasteiger partial charge in [-0.15, -0.1) is 10.2 Å². The fourth-order valence-electron chi connectivity index (χ4n) is 2.65. The van der Waals surface area contributed by atoms with Crippen molar-refractivity contribution >= 4 is 5.96 Å². The van der Waals surface area contributed by atoms with Crippen LogP contribution in [0.25, 0.3) is 0 Å². The first-order chi connectivity index (χ1) is 10.2. The summed E-state index contributed by atoms with van der Waals surface area (Å²) in [5.41, 5.74) is 0. The van der Waals surface area contributed by atoms with Crippen LogP contribution in [-0.2, 0) is 13.0 Å². The third-order valence-electron chi connectivity index (χ3n) is 4.03. The summed E-state index contributed by atoms with van der Waals surface area (Å²) in [5.74, 6) is 2.92. The van der Waals surface area contributed by atoms with Gasteiger partial charge in [0.05, 0.1) is 6.54 Å². The van der Waals surface area contributed by atoms with Crippen LogP contribution in [-0.4, -0.2) is 51.8 Å². The summed E-state index contributed by atoms with van der Waals surface area (Å²) in [6, 6.07) is 0. The van der Waals surface area contributed by atoms with Crippen molar-refractivity contribution in [3.8, 4) is 0 Å². The maximum atomic E-state index is 4.77. The zero-order valence-corrected chi connectivity index (χ0v) is 13.5. The minimum Gasteiger partial charge on any atom is -0.357 e. The van der Waals surface area contributed by atoms with Crippen molar-refractivity contribution in [1.29, 1.82) is 0 Å². The molecule has 1 aromatic rings. The molecule has 0 bridgehead atoms. The predicted molar refractivity (Wildman–Crippen MR) is 85.3 cm³/mol. The quantitative estimate of drug-likeness (QED) is 0.660. The maximum Gasteiger partial charge on any atom is 0.193 e. The molecule has 1 aromatic heterocycles. The van der Waals surface area contributed by atoms with E-state index in [1.54, 1.807) is 6.33 Å². The molecule has 1 aliphatic rings. The fraction of sp³-hybridized carbons (Fsp3) is 0.800. The molecular weight excluding hydrogens is 264 g/mol. The third-order valence-corrected chi connectivity index (χ3v) is 4.03. The van der Waals surface area contributed by atoms with Crippen molar-refractivity contribution in [1.82, 2.24) is 25.0 Å². The highest BCUT2D eigenvalue weighted by atomic mass is 15.3. The molecule has 0 radical (unpaired) electrons. The van der Waals surface area contributed by atoms with Crippen LogP contribution in [0.1, 0.15) is 39.4 Å². The van der Waals surface area contributed by atoms with E-state index in [1.807, 2.05) is 0 Å². The second-order valence-corrected chi connectivity index (χ2v) is 5.70. The van der Waals surface area contributed by atoms with Crippen LogP contribution < -0.4 is 5.32 Å². The third kappa shape index (κ3) is 4.44. The van der Waals surface area contributed by atoms with Crippen LogP contribution in [0.2, 0.25) is 0 Å². The molecule has 1 fully saturated rings. The van der Waals surface area contributed by atoms with E-state index >= 15 is 0 Å². The fourth-order valence-corrected chi connectivity index (χ4v) is 2.65. The number of guanidine groups is 1. The van der Waals surface area contributed by atoms with E-state index in [4.69, 9.17) is 4.99 Å². The Morgan fingerprint density at radius 2 is 2.14 bits per heavy atom. The standard InChI is InChI=1S/C15H28N6/c1-4-14-19-18-12-21(14)11-8-17-15(16-5-2)20-9-6-13(3)7-10-20/h12-13H,4-11H2,1-3H3,(H,16,17). The van der Waals surface area contributed by atoms with Crippen LogP contribution >= 0.6 is 0 Å². The van der Waals surface area contributed by atoms with Gasteiger partial charge in [-0.2, -0.15) is 0 Å². The molecule has 1 aliphatic heterocycles. The van der Waals surface area contributed by atoms with Crippen LogP contribution in [0.3, 0.4) is 0 Å². The number of hydrogen-bond acceptors (Lipinski definition) is 3. The highest BCUT2D eigenvalue weighted by Crippen LogP contribution is 2.15. The van der Waals surface area contributed by atoms with Gasteiger partial charge in [-0.25, -0.2) is 0 Å². The average Bonchev–Trinajstić information content (AvgIpc) is 2.95. The summed E-state index contributed by atoms with van der Waals surface area (Å²) in [7, 11) is 0. The molecule has 0 aromatic carbocycles. The minimum atomic E-state index is 0.763. The normalized spacial score (nSPS) is 17.3. The zero-order valence-electron chi connectivity index (χ0n) is 13.5. The summed E-state index contributed by atoms with van der Waals surface area (Å²) in [5, 5.41) is 11.5. The van der Waals surface area contributed by atoms with Crippen LogP contribution in [0, 0.1) is 5.92 Å². The molecule has 0 aliphatic carbocycles. The van der Waals surface area contributed by atoms with Gasteiger partial charge in [0.2, 0.25) is 0 Å². The molecule has 118 valence electrons. The molecule has 0 unspecified atom stereocenters. The SMILES string of the molecule is CCNC(=NCCn1cnnc1CC)N1CCC(C)CC1. The monoisotopic (exact) mass is 292 g/mol. The van der Waals surface area contributed by atoms with Gasteiger partial charge in [0.25, 0.3) is 0 Å². The number of nitrogens with one attached hydrogen (secondary N) is 1. The van der Waals surface area contributed by atoms with Crippen molar-refractivity contribution in [2.45, 2.75) is 46.6 Å². The molecule has 2 rings (SSSR count). The first kappa shape index (κ1) is 15.8. The number of piperidine rings is 1. The molecule has 0 spiro atoms. The number of hydrogen-bond donors (Lipinski definition) is 1. The Balaban J connectivity index is 1.91. The second kappa shape index (κ2) is 8.00. The van der Waals surface area contributed by atoms with Crippen LogP contribution in [0.5, 0.6) is 0 Å². The lowest BCUT2D eigenvalue weighted by Crippen LogP contribution is -2.45. The highest BCUT2D eigenvalue weighted by molar-refractivity contribution is 5.80. The van der Waals surface area contributed by atoms with E-state index < -0.39 is 0 Å². The van der Waals surface area contributed by atoms with Gasteiger partial charge >= 0.3 is 0 Å². The van der Waals surface area contributed by atoms with Crippen molar-refractivity contribution in [2.75, 3.05) is 26.2 Å². The Hall–Kier alpha value is -1.59. The average molecular weight is 292 g/mol. The second-order valence-electron chi connectivity index (χ2n) is 5.70. The smallest absolute Gasteiger partial charge is 0.193 e. The van der Waals surface area contributed by atoms with Gasteiger partial charge in [-0.05, 0) is 25.7 Å². The summed E-state index contributed by atoms with van der Waals surface area (Å²) in [6.45, 7) is 11.3. The molecule has 6 heteroatoms. The molecule has 2 heterocycles. The lowest BCUT2D eigenvalue weighted by molar-refractivity contribution is 0.273. The topological polar surface area (TPSA) is 58.3 Å². The van der Waals surface area contributed by atoms with E-state index in [0.29, 0.717) is 0 Å². The summed E-state index contributed by atoms with van der Waals surface area (Å²) in [6.07, 6.45) is 5.23. The molecular formula is C15H28N6. The number of nitrogens with zero attached hydrogens (tertiary/aromatic N) is 5. The predicted octanol–water partition coefficient (Wildman–Crippen LogP) is 1.54. The summed E-state index contributed by atoms with van der Waals surface area (Å²) in [4.78, 5) is 7.15. The first-order valence-electron chi connectivity index (χ1n) is 8.14. The number of aliphatic imine (C=N–C) groups is 1. The minimum absolute atomic E-state index is 0.763. The first-order valence-corrected chi connectivity index (χ1v) is 8.14. The number of likely N-dealkylation sites (tertiary alicyclic amines) is 1. The van der Waals surface area contributed by atoms with Crippen molar-refractivity contribution < 1.29 is 0 Å². The van der Waals surface area contributed by atoms with E-state index in [2.05, 4.69) is 45.8 Å². The number of aryl methyl sites for hydroxylation is 1. The van der Waals surface area contributed by atoms with Gasteiger partial charge in [0.15, 0.2) is 5.96 Å². The van der Waals surface area contributed by atoms with Gasteiger partial charge < -0.3 is 14.8 Å². The highest BCUT2D eigenvalue weighted by Gasteiger charge is 2.18. The Morgan fingerprint density at radius 3 is 2.81 bits per heavy atom. The Morgan fingerprint density at radius 1 is 1.38 bits per heavy atom. The molecule has 0 atom stereocenters. The molecule has 0 amide bonds. The number of aromatic nitrogens is 3. The lowest BCUT2D eigenvalue weighted by Gasteiger charge is -2.33. The van der Waals surface area contributed by atoms with Crippen molar-refractivity contribution in [2.24, 2.45) is 10.9 Å². The molecule has 0 saturated carbocycles. The number of rotatable bonds is 5.